The monoisotopic (exact) mass is 321 g/mol. The first kappa shape index (κ1) is 15.3. The fourth-order valence-electron chi connectivity index (χ4n) is 2.61. The first-order chi connectivity index (χ1) is 10.4. The van der Waals surface area contributed by atoms with E-state index in [1.165, 1.54) is 6.33 Å². The summed E-state index contributed by atoms with van der Waals surface area (Å²) in [6.07, 6.45) is 7.87. The van der Waals surface area contributed by atoms with Crippen LogP contribution in [0.5, 0.6) is 0 Å². The van der Waals surface area contributed by atoms with Gasteiger partial charge in [0.1, 0.15) is 29.3 Å². The van der Waals surface area contributed by atoms with E-state index in [0.717, 1.165) is 5.39 Å². The summed E-state index contributed by atoms with van der Waals surface area (Å²) in [6, 6.07) is 1.81. The number of aliphatic hydroxyl groups is 1. The lowest BCUT2D eigenvalue weighted by molar-refractivity contribution is -0.222. The van der Waals surface area contributed by atoms with E-state index in [0.29, 0.717) is 17.2 Å². The Morgan fingerprint density at radius 1 is 1.55 bits per heavy atom. The SMILES string of the molecule is C#C[C@@H]1C[C@@H](OC(C)(C)O)C(n2ccc3c(Cl)ncnc32)O1. The molecule has 1 aliphatic rings. The minimum Gasteiger partial charge on any atom is -0.366 e. The summed E-state index contributed by atoms with van der Waals surface area (Å²) in [6.45, 7) is 3.14. The molecule has 1 N–H and O–H groups in total. The third kappa shape index (κ3) is 2.81. The Bertz CT molecular complexity index is 732. The van der Waals surface area contributed by atoms with Gasteiger partial charge < -0.3 is 19.1 Å². The number of hydrogen-bond donors (Lipinski definition) is 1. The number of aromatic nitrogens is 3. The van der Waals surface area contributed by atoms with Gasteiger partial charge in [0.15, 0.2) is 12.0 Å². The van der Waals surface area contributed by atoms with Crippen molar-refractivity contribution in [2.45, 2.75) is 44.5 Å². The van der Waals surface area contributed by atoms with Crippen LogP contribution in [0, 0.1) is 12.3 Å². The van der Waals surface area contributed by atoms with Gasteiger partial charge in [-0.15, -0.1) is 6.42 Å². The van der Waals surface area contributed by atoms with E-state index >= 15 is 0 Å². The van der Waals surface area contributed by atoms with Gasteiger partial charge in [0, 0.05) is 12.6 Å². The largest absolute Gasteiger partial charge is 0.366 e. The van der Waals surface area contributed by atoms with Crippen LogP contribution in [0.2, 0.25) is 5.15 Å². The molecule has 0 spiro atoms. The maximum absolute atomic E-state index is 9.92. The number of terminal acetylenes is 1. The maximum Gasteiger partial charge on any atom is 0.163 e. The lowest BCUT2D eigenvalue weighted by Gasteiger charge is -2.27. The molecule has 1 saturated heterocycles. The molecule has 3 atom stereocenters. The molecule has 0 radical (unpaired) electrons. The second kappa shape index (κ2) is 5.52. The van der Waals surface area contributed by atoms with Gasteiger partial charge in [-0.25, -0.2) is 9.97 Å². The summed E-state index contributed by atoms with van der Waals surface area (Å²) in [4.78, 5) is 8.20. The lowest BCUT2D eigenvalue weighted by atomic mass is 10.2. The summed E-state index contributed by atoms with van der Waals surface area (Å²) in [5.41, 5.74) is 0.631. The molecule has 2 aromatic heterocycles. The van der Waals surface area contributed by atoms with Crippen LogP contribution in [-0.2, 0) is 9.47 Å². The first-order valence-corrected chi connectivity index (χ1v) is 7.25. The van der Waals surface area contributed by atoms with Gasteiger partial charge in [0.25, 0.3) is 0 Å². The summed E-state index contributed by atoms with van der Waals surface area (Å²) in [5.74, 6) is 1.29. The third-order valence-corrected chi connectivity index (χ3v) is 3.73. The lowest BCUT2D eigenvalue weighted by Crippen LogP contribution is -2.33. The van der Waals surface area contributed by atoms with Crippen LogP contribution in [0.3, 0.4) is 0 Å². The zero-order valence-corrected chi connectivity index (χ0v) is 13.0. The second-order valence-corrected chi connectivity index (χ2v) is 6.00. The van der Waals surface area contributed by atoms with Crippen molar-refractivity contribution in [3.8, 4) is 12.3 Å². The van der Waals surface area contributed by atoms with Crippen molar-refractivity contribution in [3.05, 3.63) is 23.7 Å². The minimum absolute atomic E-state index is 0.371. The normalized spacial score (nSPS) is 25.5. The van der Waals surface area contributed by atoms with Gasteiger partial charge in [-0.05, 0) is 19.9 Å². The molecule has 116 valence electrons. The van der Waals surface area contributed by atoms with E-state index in [1.54, 1.807) is 24.6 Å². The highest BCUT2D eigenvalue weighted by molar-refractivity contribution is 6.33. The van der Waals surface area contributed by atoms with Crippen LogP contribution >= 0.6 is 11.6 Å². The average Bonchev–Trinajstić information content (AvgIpc) is 3.01. The molecule has 0 bridgehead atoms. The summed E-state index contributed by atoms with van der Waals surface area (Å²) >= 11 is 6.07. The molecule has 3 heterocycles. The van der Waals surface area contributed by atoms with Crippen LogP contribution < -0.4 is 0 Å². The highest BCUT2D eigenvalue weighted by Gasteiger charge is 2.39. The first-order valence-electron chi connectivity index (χ1n) is 6.88. The standard InChI is InChI=1S/C15H16ClN3O3/c1-4-9-7-11(22-15(2,3)20)14(21-9)19-6-5-10-12(16)17-8-18-13(10)19/h1,5-6,8-9,11,14,20H,7H2,2-3H3/t9-,11-,14?/m1/s1. The van der Waals surface area contributed by atoms with E-state index in [-0.39, 0.29) is 6.10 Å². The Balaban J connectivity index is 1.99. The summed E-state index contributed by atoms with van der Waals surface area (Å²) < 4.78 is 13.3. The van der Waals surface area contributed by atoms with E-state index in [2.05, 4.69) is 15.9 Å². The number of rotatable bonds is 3. The van der Waals surface area contributed by atoms with Crippen LogP contribution in [0.15, 0.2) is 18.6 Å². The van der Waals surface area contributed by atoms with Crippen molar-refractivity contribution < 1.29 is 14.6 Å². The Morgan fingerprint density at radius 2 is 2.32 bits per heavy atom. The van der Waals surface area contributed by atoms with E-state index in [4.69, 9.17) is 27.5 Å². The molecule has 3 rings (SSSR count). The number of ether oxygens (including phenoxy) is 2. The predicted octanol–water partition coefficient (Wildman–Crippen LogP) is 2.12. The Kier molecular flexibility index (Phi) is 3.83. The summed E-state index contributed by atoms with van der Waals surface area (Å²) in [7, 11) is 0. The van der Waals surface area contributed by atoms with Crippen LogP contribution in [0.25, 0.3) is 11.0 Å². The molecule has 0 aliphatic carbocycles. The molecular weight excluding hydrogens is 306 g/mol. The minimum atomic E-state index is -1.29. The number of fused-ring (bicyclic) bond motifs is 1. The molecule has 0 aromatic carbocycles. The zero-order valence-electron chi connectivity index (χ0n) is 12.2. The highest BCUT2D eigenvalue weighted by Crippen LogP contribution is 2.35. The van der Waals surface area contributed by atoms with Gasteiger partial charge in [0.2, 0.25) is 0 Å². The Hall–Kier alpha value is -1.65. The van der Waals surface area contributed by atoms with E-state index < -0.39 is 18.1 Å². The predicted molar refractivity (Wildman–Crippen MR) is 81.1 cm³/mol. The third-order valence-electron chi connectivity index (χ3n) is 3.43. The molecular formula is C15H16ClN3O3. The molecule has 7 heteroatoms. The quantitative estimate of drug-likeness (QED) is 0.533. The van der Waals surface area contributed by atoms with Gasteiger partial charge in [-0.2, -0.15) is 0 Å². The van der Waals surface area contributed by atoms with Crippen molar-refractivity contribution in [1.29, 1.82) is 0 Å². The summed E-state index contributed by atoms with van der Waals surface area (Å²) in [5, 5.41) is 11.0. The topological polar surface area (TPSA) is 69.4 Å². The van der Waals surface area contributed by atoms with Crippen molar-refractivity contribution in [1.82, 2.24) is 14.5 Å². The van der Waals surface area contributed by atoms with Crippen molar-refractivity contribution in [2.75, 3.05) is 0 Å². The maximum atomic E-state index is 9.92. The fraction of sp³-hybridized carbons (Fsp3) is 0.467. The average molecular weight is 322 g/mol. The van der Waals surface area contributed by atoms with E-state index in [1.807, 2.05) is 6.07 Å². The number of halogens is 1. The fourth-order valence-corrected chi connectivity index (χ4v) is 2.80. The van der Waals surface area contributed by atoms with Crippen LogP contribution in [0.4, 0.5) is 0 Å². The number of hydrogen-bond acceptors (Lipinski definition) is 5. The van der Waals surface area contributed by atoms with Crippen LogP contribution in [0.1, 0.15) is 26.5 Å². The van der Waals surface area contributed by atoms with Crippen molar-refractivity contribution >= 4 is 22.6 Å². The second-order valence-electron chi connectivity index (χ2n) is 5.65. The van der Waals surface area contributed by atoms with Gasteiger partial charge in [-0.3, -0.25) is 0 Å². The van der Waals surface area contributed by atoms with Gasteiger partial charge >= 0.3 is 0 Å². The molecule has 1 fully saturated rings. The van der Waals surface area contributed by atoms with Gasteiger partial charge in [0.05, 0.1) is 5.39 Å². The molecule has 0 saturated carbocycles. The molecule has 2 aromatic rings. The Morgan fingerprint density at radius 3 is 3.00 bits per heavy atom. The molecule has 1 aliphatic heterocycles. The van der Waals surface area contributed by atoms with E-state index in [9.17, 15) is 5.11 Å². The van der Waals surface area contributed by atoms with Crippen molar-refractivity contribution in [3.63, 3.8) is 0 Å². The highest BCUT2D eigenvalue weighted by atomic mass is 35.5. The van der Waals surface area contributed by atoms with Crippen molar-refractivity contribution in [2.24, 2.45) is 0 Å². The molecule has 22 heavy (non-hydrogen) atoms. The molecule has 0 amide bonds. The van der Waals surface area contributed by atoms with Gasteiger partial charge in [-0.1, -0.05) is 17.5 Å². The van der Waals surface area contributed by atoms with Crippen LogP contribution in [-0.4, -0.2) is 37.6 Å². The number of nitrogens with zero attached hydrogens (tertiary/aromatic N) is 3. The zero-order chi connectivity index (χ0) is 15.9. The Labute approximate surface area is 133 Å². The molecule has 6 nitrogen and oxygen atoms in total. The molecule has 1 unspecified atom stereocenters. The smallest absolute Gasteiger partial charge is 0.163 e.